The number of aldehydes is 1. The first-order valence-electron chi connectivity index (χ1n) is 11.4. The van der Waals surface area contributed by atoms with Gasteiger partial charge in [0.15, 0.2) is 0 Å². The van der Waals surface area contributed by atoms with E-state index in [0.717, 1.165) is 28.5 Å². The first kappa shape index (κ1) is 23.9. The highest BCUT2D eigenvalue weighted by Crippen LogP contribution is 2.25. The molecule has 0 atom stereocenters. The first-order chi connectivity index (χ1) is 17.2. The zero-order valence-electron chi connectivity index (χ0n) is 19.3. The number of nitrogens with zero attached hydrogens (tertiary/aromatic N) is 1. The third-order valence-corrected chi connectivity index (χ3v) is 5.76. The Balaban J connectivity index is 1.68. The maximum absolute atomic E-state index is 13.9. The normalized spacial score (nSPS) is 10.5. The second-order valence-electron chi connectivity index (χ2n) is 8.22. The van der Waals surface area contributed by atoms with Crippen LogP contribution in [-0.4, -0.2) is 22.2 Å². The van der Waals surface area contributed by atoms with E-state index >= 15 is 0 Å². The number of amides is 1. The molecular formula is C30H27NO4. The SMILES string of the molecule is O=Cc1ccc(OCc2ccccc2)c(C(=O)N(Cc2ccccc2)Cc2ccccc2CO)c1. The molecule has 176 valence electrons. The fourth-order valence-electron chi connectivity index (χ4n) is 3.89. The van der Waals surface area contributed by atoms with Gasteiger partial charge in [0.05, 0.1) is 12.2 Å². The molecule has 0 saturated carbocycles. The molecule has 4 rings (SSSR count). The fourth-order valence-corrected chi connectivity index (χ4v) is 3.89. The van der Waals surface area contributed by atoms with Crippen LogP contribution in [0.15, 0.2) is 103 Å². The van der Waals surface area contributed by atoms with Crippen LogP contribution in [0.3, 0.4) is 0 Å². The Hall–Kier alpha value is -4.22. The Morgan fingerprint density at radius 1 is 0.771 bits per heavy atom. The Labute approximate surface area is 205 Å². The standard InChI is InChI=1S/C30H27NO4/c32-20-25-15-16-29(35-22-24-11-5-2-6-12-24)28(17-25)30(34)31(18-23-9-3-1-4-10-23)19-26-13-7-8-14-27(26)21-33/h1-17,20,33H,18-19,21-22H2. The topological polar surface area (TPSA) is 66.8 Å². The zero-order chi connectivity index (χ0) is 24.5. The molecule has 0 aliphatic carbocycles. The van der Waals surface area contributed by atoms with Gasteiger partial charge in [-0.3, -0.25) is 9.59 Å². The molecule has 1 amide bonds. The molecule has 0 bridgehead atoms. The van der Waals surface area contributed by atoms with Crippen LogP contribution >= 0.6 is 0 Å². The molecule has 0 unspecified atom stereocenters. The van der Waals surface area contributed by atoms with Crippen LogP contribution in [0.4, 0.5) is 0 Å². The van der Waals surface area contributed by atoms with Gasteiger partial charge < -0.3 is 14.7 Å². The number of benzene rings is 4. The van der Waals surface area contributed by atoms with Crippen molar-refractivity contribution in [1.29, 1.82) is 0 Å². The summed E-state index contributed by atoms with van der Waals surface area (Å²) < 4.78 is 6.04. The number of rotatable bonds is 10. The summed E-state index contributed by atoms with van der Waals surface area (Å²) in [4.78, 5) is 27.1. The minimum Gasteiger partial charge on any atom is -0.488 e. The van der Waals surface area contributed by atoms with Gasteiger partial charge in [-0.15, -0.1) is 0 Å². The van der Waals surface area contributed by atoms with Crippen LogP contribution in [-0.2, 0) is 26.3 Å². The Bertz CT molecular complexity index is 1270. The number of ether oxygens (including phenoxy) is 1. The van der Waals surface area contributed by atoms with Crippen molar-refractivity contribution in [2.24, 2.45) is 0 Å². The average molecular weight is 466 g/mol. The third-order valence-electron chi connectivity index (χ3n) is 5.76. The lowest BCUT2D eigenvalue weighted by molar-refractivity contribution is 0.0723. The summed E-state index contributed by atoms with van der Waals surface area (Å²) in [6.45, 7) is 0.847. The van der Waals surface area contributed by atoms with Crippen LogP contribution in [0.25, 0.3) is 0 Å². The van der Waals surface area contributed by atoms with Gasteiger partial charge in [0, 0.05) is 18.7 Å². The largest absolute Gasteiger partial charge is 0.488 e. The molecule has 0 saturated heterocycles. The van der Waals surface area contributed by atoms with E-state index in [-0.39, 0.29) is 12.5 Å². The maximum Gasteiger partial charge on any atom is 0.258 e. The van der Waals surface area contributed by atoms with E-state index in [9.17, 15) is 14.7 Å². The van der Waals surface area contributed by atoms with E-state index in [2.05, 4.69) is 0 Å². The highest BCUT2D eigenvalue weighted by Gasteiger charge is 2.22. The first-order valence-corrected chi connectivity index (χ1v) is 11.4. The van der Waals surface area contributed by atoms with Crippen molar-refractivity contribution < 1.29 is 19.4 Å². The van der Waals surface area contributed by atoms with E-state index in [1.54, 1.807) is 23.1 Å². The summed E-state index contributed by atoms with van der Waals surface area (Å²) in [7, 11) is 0. The fraction of sp³-hybridized carbons (Fsp3) is 0.133. The lowest BCUT2D eigenvalue weighted by Gasteiger charge is -2.25. The van der Waals surface area contributed by atoms with Crippen LogP contribution in [0.1, 0.15) is 43.0 Å². The molecule has 35 heavy (non-hydrogen) atoms. The summed E-state index contributed by atoms with van der Waals surface area (Å²) in [6, 6.07) is 31.8. The number of hydrogen-bond donors (Lipinski definition) is 1. The third kappa shape index (κ3) is 6.22. The molecule has 0 radical (unpaired) electrons. The van der Waals surface area contributed by atoms with Gasteiger partial charge in [-0.2, -0.15) is 0 Å². The van der Waals surface area contributed by atoms with Gasteiger partial charge in [-0.05, 0) is 40.5 Å². The number of hydrogen-bond acceptors (Lipinski definition) is 4. The highest BCUT2D eigenvalue weighted by molar-refractivity contribution is 5.98. The quantitative estimate of drug-likeness (QED) is 0.318. The van der Waals surface area contributed by atoms with Crippen molar-refractivity contribution in [1.82, 2.24) is 4.90 Å². The zero-order valence-corrected chi connectivity index (χ0v) is 19.3. The van der Waals surface area contributed by atoms with Crippen LogP contribution in [0.5, 0.6) is 5.75 Å². The summed E-state index contributed by atoms with van der Waals surface area (Å²) in [5, 5.41) is 9.81. The van der Waals surface area contributed by atoms with E-state index in [1.165, 1.54) is 0 Å². The molecular weight excluding hydrogens is 438 g/mol. The number of aliphatic hydroxyl groups is 1. The van der Waals surface area contributed by atoms with E-state index in [1.807, 2.05) is 84.9 Å². The van der Waals surface area contributed by atoms with Crippen molar-refractivity contribution in [3.05, 3.63) is 137 Å². The van der Waals surface area contributed by atoms with Crippen molar-refractivity contribution in [2.45, 2.75) is 26.3 Å². The summed E-state index contributed by atoms with van der Waals surface area (Å²) >= 11 is 0. The van der Waals surface area contributed by atoms with Crippen molar-refractivity contribution in [2.75, 3.05) is 0 Å². The van der Waals surface area contributed by atoms with E-state index in [4.69, 9.17) is 4.74 Å². The van der Waals surface area contributed by atoms with Crippen LogP contribution < -0.4 is 4.74 Å². The van der Waals surface area contributed by atoms with Crippen molar-refractivity contribution >= 4 is 12.2 Å². The Kier molecular flexibility index (Phi) is 8.04. The van der Waals surface area contributed by atoms with E-state index in [0.29, 0.717) is 36.6 Å². The predicted octanol–water partition coefficient (Wildman–Crippen LogP) is 5.41. The monoisotopic (exact) mass is 465 g/mol. The molecule has 5 heteroatoms. The van der Waals surface area contributed by atoms with Gasteiger partial charge in [-0.1, -0.05) is 84.9 Å². The van der Waals surface area contributed by atoms with Gasteiger partial charge >= 0.3 is 0 Å². The molecule has 4 aromatic rings. The van der Waals surface area contributed by atoms with Crippen molar-refractivity contribution in [3.8, 4) is 5.75 Å². The van der Waals surface area contributed by atoms with Crippen molar-refractivity contribution in [3.63, 3.8) is 0 Å². The molecule has 0 heterocycles. The molecule has 0 fully saturated rings. The molecule has 0 aliphatic heterocycles. The lowest BCUT2D eigenvalue weighted by Crippen LogP contribution is -2.31. The highest BCUT2D eigenvalue weighted by atomic mass is 16.5. The molecule has 1 N–H and O–H groups in total. The van der Waals surface area contributed by atoms with E-state index < -0.39 is 0 Å². The van der Waals surface area contributed by atoms with Gasteiger partial charge in [0.1, 0.15) is 18.6 Å². The number of aliphatic hydroxyl groups excluding tert-OH is 1. The smallest absolute Gasteiger partial charge is 0.258 e. The van der Waals surface area contributed by atoms with Crippen LogP contribution in [0.2, 0.25) is 0 Å². The molecule has 0 spiro atoms. The summed E-state index contributed by atoms with van der Waals surface area (Å²) in [5.74, 6) is 0.159. The predicted molar refractivity (Wildman–Crippen MR) is 135 cm³/mol. The minimum atomic E-state index is -0.256. The van der Waals surface area contributed by atoms with Gasteiger partial charge in [-0.25, -0.2) is 0 Å². The molecule has 5 nitrogen and oxygen atoms in total. The second kappa shape index (κ2) is 11.8. The molecule has 0 aliphatic rings. The van der Waals surface area contributed by atoms with Crippen LogP contribution in [0, 0.1) is 0 Å². The summed E-state index contributed by atoms with van der Waals surface area (Å²) in [5.41, 5.74) is 4.29. The summed E-state index contributed by atoms with van der Waals surface area (Å²) in [6.07, 6.45) is 0.723. The van der Waals surface area contributed by atoms with Gasteiger partial charge in [0.25, 0.3) is 5.91 Å². The minimum absolute atomic E-state index is 0.115. The Morgan fingerprint density at radius 3 is 2.06 bits per heavy atom. The Morgan fingerprint density at radius 2 is 1.40 bits per heavy atom. The lowest BCUT2D eigenvalue weighted by atomic mass is 10.0. The molecule has 4 aromatic carbocycles. The van der Waals surface area contributed by atoms with Gasteiger partial charge in [0.2, 0.25) is 0 Å². The number of carbonyl (C=O) groups excluding carboxylic acids is 2. The maximum atomic E-state index is 13.9. The second-order valence-corrected chi connectivity index (χ2v) is 8.22. The average Bonchev–Trinajstić information content (AvgIpc) is 2.92. The molecule has 0 aromatic heterocycles. The number of carbonyl (C=O) groups is 2.